The molecule has 1 rings (SSSR count). The molecule has 0 atom stereocenters. The Kier molecular flexibility index (Phi) is 3.55. The fourth-order valence-corrected chi connectivity index (χ4v) is 1.27. The predicted molar refractivity (Wildman–Crippen MR) is 52.4 cm³/mol. The van der Waals surface area contributed by atoms with Crippen molar-refractivity contribution in [3.8, 4) is 0 Å². The summed E-state index contributed by atoms with van der Waals surface area (Å²) >= 11 is 0. The third-order valence-electron chi connectivity index (χ3n) is 2.00. The molecule has 0 aliphatic rings. The number of halogens is 2. The zero-order valence-electron chi connectivity index (χ0n) is 8.13. The molecule has 0 spiro atoms. The van der Waals surface area contributed by atoms with Crippen molar-refractivity contribution in [2.24, 2.45) is 0 Å². The van der Waals surface area contributed by atoms with E-state index in [1.807, 2.05) is 0 Å². The van der Waals surface area contributed by atoms with Gasteiger partial charge in [-0.1, -0.05) is 19.1 Å². The van der Waals surface area contributed by atoms with Gasteiger partial charge in [-0.25, -0.2) is 9.18 Å². The highest BCUT2D eigenvalue weighted by molar-refractivity contribution is 5.93. The first kappa shape index (κ1) is 11.4. The number of hydrogen-bond donors (Lipinski definition) is 1. The number of hydrogen-bond acceptors (Lipinski definition) is 1. The Morgan fingerprint density at radius 1 is 1.33 bits per heavy atom. The van der Waals surface area contributed by atoms with Gasteiger partial charge in [0.15, 0.2) is 0 Å². The molecular formula is C11H10F2O2. The maximum atomic E-state index is 13.2. The molecule has 1 aromatic carbocycles. The largest absolute Gasteiger partial charge is 0.476 e. The van der Waals surface area contributed by atoms with Crippen LogP contribution in [0.2, 0.25) is 0 Å². The number of allylic oxidation sites excluding steroid dienone is 1. The summed E-state index contributed by atoms with van der Waals surface area (Å²) in [6.45, 7) is 1.64. The lowest BCUT2D eigenvalue weighted by molar-refractivity contribution is -0.134. The van der Waals surface area contributed by atoms with Gasteiger partial charge < -0.3 is 5.11 Å². The quantitative estimate of drug-likeness (QED) is 0.782. The zero-order valence-corrected chi connectivity index (χ0v) is 8.13. The van der Waals surface area contributed by atoms with Gasteiger partial charge in [-0.3, -0.25) is 0 Å². The Labute approximate surface area is 85.9 Å². The van der Waals surface area contributed by atoms with E-state index >= 15 is 0 Å². The standard InChI is InChI=1S/C11H10F2O2/c1-2-9(10(13)11(14)15)7-3-5-8(12)6-4-7/h3-6H,2H2,1H3,(H,14,15). The molecular weight excluding hydrogens is 202 g/mol. The minimum atomic E-state index is -1.60. The van der Waals surface area contributed by atoms with Crippen LogP contribution in [0.4, 0.5) is 8.78 Å². The number of benzene rings is 1. The van der Waals surface area contributed by atoms with E-state index in [9.17, 15) is 13.6 Å². The van der Waals surface area contributed by atoms with E-state index in [1.54, 1.807) is 6.92 Å². The molecule has 0 heterocycles. The van der Waals surface area contributed by atoms with E-state index in [0.717, 1.165) is 0 Å². The van der Waals surface area contributed by atoms with Crippen LogP contribution in [-0.2, 0) is 4.79 Å². The van der Waals surface area contributed by atoms with Crippen LogP contribution in [0.15, 0.2) is 30.1 Å². The number of carbonyl (C=O) groups is 1. The summed E-state index contributed by atoms with van der Waals surface area (Å²) < 4.78 is 25.8. The minimum Gasteiger partial charge on any atom is -0.476 e. The normalized spacial score (nSPS) is 12.2. The molecule has 0 bridgehead atoms. The average Bonchev–Trinajstić information content (AvgIpc) is 2.21. The average molecular weight is 212 g/mol. The van der Waals surface area contributed by atoms with E-state index in [1.165, 1.54) is 24.3 Å². The maximum Gasteiger partial charge on any atom is 0.365 e. The second-order valence-corrected chi connectivity index (χ2v) is 2.96. The molecule has 2 nitrogen and oxygen atoms in total. The molecule has 0 amide bonds. The Morgan fingerprint density at radius 3 is 2.27 bits per heavy atom. The molecule has 0 saturated heterocycles. The molecule has 0 fully saturated rings. The van der Waals surface area contributed by atoms with Crippen LogP contribution in [0.1, 0.15) is 18.9 Å². The number of carboxylic acids is 1. The summed E-state index contributed by atoms with van der Waals surface area (Å²) in [6, 6.07) is 5.05. The van der Waals surface area contributed by atoms with Crippen LogP contribution < -0.4 is 0 Å². The van der Waals surface area contributed by atoms with E-state index in [2.05, 4.69) is 0 Å². The van der Waals surface area contributed by atoms with Crippen LogP contribution in [-0.4, -0.2) is 11.1 Å². The summed E-state index contributed by atoms with van der Waals surface area (Å²) in [7, 11) is 0. The van der Waals surface area contributed by atoms with Gasteiger partial charge in [0.25, 0.3) is 0 Å². The molecule has 0 radical (unpaired) electrons. The van der Waals surface area contributed by atoms with E-state index in [0.29, 0.717) is 5.56 Å². The molecule has 0 saturated carbocycles. The summed E-state index contributed by atoms with van der Waals surface area (Å²) in [5, 5.41) is 8.49. The SMILES string of the molecule is CCC(=C(F)C(=O)O)c1ccc(F)cc1. The van der Waals surface area contributed by atoms with Crippen LogP contribution in [0.25, 0.3) is 5.57 Å². The monoisotopic (exact) mass is 212 g/mol. The Morgan fingerprint density at radius 2 is 1.87 bits per heavy atom. The van der Waals surface area contributed by atoms with Crippen molar-refractivity contribution in [1.82, 2.24) is 0 Å². The Bertz CT molecular complexity index is 394. The van der Waals surface area contributed by atoms with Crippen molar-refractivity contribution >= 4 is 11.5 Å². The van der Waals surface area contributed by atoms with Gasteiger partial charge in [0.2, 0.25) is 5.83 Å². The van der Waals surface area contributed by atoms with E-state index in [4.69, 9.17) is 5.11 Å². The molecule has 1 aromatic rings. The molecule has 4 heteroatoms. The maximum absolute atomic E-state index is 13.2. The second-order valence-electron chi connectivity index (χ2n) is 2.96. The van der Waals surface area contributed by atoms with E-state index in [-0.39, 0.29) is 12.0 Å². The second kappa shape index (κ2) is 4.68. The lowest BCUT2D eigenvalue weighted by Crippen LogP contribution is -1.99. The number of carboxylic acid groups (broad SMARTS) is 1. The third kappa shape index (κ3) is 2.62. The highest BCUT2D eigenvalue weighted by Crippen LogP contribution is 2.23. The van der Waals surface area contributed by atoms with Gasteiger partial charge in [-0.15, -0.1) is 0 Å². The number of rotatable bonds is 3. The first-order chi connectivity index (χ1) is 7.06. The van der Waals surface area contributed by atoms with Crippen molar-refractivity contribution in [2.75, 3.05) is 0 Å². The lowest BCUT2D eigenvalue weighted by Gasteiger charge is -2.04. The van der Waals surface area contributed by atoms with Crippen molar-refractivity contribution in [1.29, 1.82) is 0 Å². The molecule has 80 valence electrons. The first-order valence-electron chi connectivity index (χ1n) is 4.44. The number of aliphatic carboxylic acids is 1. The Hall–Kier alpha value is -1.71. The van der Waals surface area contributed by atoms with Crippen molar-refractivity contribution in [3.05, 3.63) is 41.5 Å². The third-order valence-corrected chi connectivity index (χ3v) is 2.00. The molecule has 15 heavy (non-hydrogen) atoms. The van der Waals surface area contributed by atoms with Gasteiger partial charge in [0.05, 0.1) is 0 Å². The van der Waals surface area contributed by atoms with Crippen molar-refractivity contribution in [3.63, 3.8) is 0 Å². The van der Waals surface area contributed by atoms with Gasteiger partial charge in [0.1, 0.15) is 5.82 Å². The topological polar surface area (TPSA) is 37.3 Å². The van der Waals surface area contributed by atoms with Gasteiger partial charge in [-0.2, -0.15) is 4.39 Å². The highest BCUT2D eigenvalue weighted by Gasteiger charge is 2.13. The Balaban J connectivity index is 3.19. The summed E-state index contributed by atoms with van der Waals surface area (Å²) in [4.78, 5) is 10.4. The summed E-state index contributed by atoms with van der Waals surface area (Å²) in [5.41, 5.74) is 0.460. The summed E-state index contributed by atoms with van der Waals surface area (Å²) in [5.74, 6) is -3.23. The van der Waals surface area contributed by atoms with Gasteiger partial charge >= 0.3 is 5.97 Å². The lowest BCUT2D eigenvalue weighted by atomic mass is 10.0. The minimum absolute atomic E-state index is 0.0718. The molecule has 0 unspecified atom stereocenters. The fraction of sp³-hybridized carbons (Fsp3) is 0.182. The fourth-order valence-electron chi connectivity index (χ4n) is 1.27. The van der Waals surface area contributed by atoms with Crippen LogP contribution in [0, 0.1) is 5.82 Å². The predicted octanol–water partition coefficient (Wildman–Crippen LogP) is 3.00. The van der Waals surface area contributed by atoms with Crippen molar-refractivity contribution < 1.29 is 18.7 Å². The molecule has 0 aromatic heterocycles. The zero-order chi connectivity index (χ0) is 11.4. The molecule has 0 aliphatic carbocycles. The molecule has 1 N–H and O–H groups in total. The van der Waals surface area contributed by atoms with Crippen LogP contribution >= 0.6 is 0 Å². The van der Waals surface area contributed by atoms with Crippen LogP contribution in [0.5, 0.6) is 0 Å². The summed E-state index contributed by atoms with van der Waals surface area (Å²) in [6.07, 6.45) is 0.240. The van der Waals surface area contributed by atoms with Gasteiger partial charge in [-0.05, 0) is 24.1 Å². The van der Waals surface area contributed by atoms with Crippen LogP contribution in [0.3, 0.4) is 0 Å². The van der Waals surface area contributed by atoms with E-state index < -0.39 is 17.6 Å². The smallest absolute Gasteiger partial charge is 0.365 e. The van der Waals surface area contributed by atoms with Crippen molar-refractivity contribution in [2.45, 2.75) is 13.3 Å². The first-order valence-corrected chi connectivity index (χ1v) is 4.44. The molecule has 0 aliphatic heterocycles. The van der Waals surface area contributed by atoms with Gasteiger partial charge in [0, 0.05) is 5.57 Å². The highest BCUT2D eigenvalue weighted by atomic mass is 19.1.